The highest BCUT2D eigenvalue weighted by Crippen LogP contribution is 2.34. The molecular weight excluding hydrogens is 426 g/mol. The number of esters is 1. The molecule has 33 heavy (non-hydrogen) atoms. The van der Waals surface area contributed by atoms with E-state index in [2.05, 4.69) is 15.5 Å². The highest BCUT2D eigenvalue weighted by atomic mass is 16.5. The van der Waals surface area contributed by atoms with E-state index in [0.29, 0.717) is 44.8 Å². The molecule has 0 spiro atoms. The molecular formula is C23H33N5O5. The topological polar surface area (TPSA) is 107 Å². The van der Waals surface area contributed by atoms with E-state index < -0.39 is 0 Å². The van der Waals surface area contributed by atoms with Gasteiger partial charge in [0.1, 0.15) is 0 Å². The van der Waals surface area contributed by atoms with Gasteiger partial charge in [-0.15, -0.1) is 0 Å². The average molecular weight is 460 g/mol. The third kappa shape index (κ3) is 4.85. The van der Waals surface area contributed by atoms with Crippen molar-refractivity contribution in [3.63, 3.8) is 0 Å². The fourth-order valence-corrected chi connectivity index (χ4v) is 4.69. The molecule has 2 aromatic rings. The maximum atomic E-state index is 12.7. The van der Waals surface area contributed by atoms with Crippen LogP contribution in [0.25, 0.3) is 11.0 Å². The molecule has 2 fully saturated rings. The Kier molecular flexibility index (Phi) is 6.92. The molecule has 0 unspecified atom stereocenters. The van der Waals surface area contributed by atoms with Crippen LogP contribution in [-0.4, -0.2) is 60.1 Å². The highest BCUT2D eigenvalue weighted by Gasteiger charge is 2.28. The Hall–Kier alpha value is -3.01. The van der Waals surface area contributed by atoms with Crippen LogP contribution in [0.4, 0.5) is 16.2 Å². The van der Waals surface area contributed by atoms with Crippen LogP contribution in [0.3, 0.4) is 0 Å². The minimum Gasteiger partial charge on any atom is -0.466 e. The van der Waals surface area contributed by atoms with Crippen LogP contribution >= 0.6 is 0 Å². The molecule has 10 heteroatoms. The number of hydrogen-bond donors (Lipinski definition) is 2. The van der Waals surface area contributed by atoms with Gasteiger partial charge in [0.05, 0.1) is 41.0 Å². The zero-order valence-corrected chi connectivity index (χ0v) is 19.6. The van der Waals surface area contributed by atoms with Crippen molar-refractivity contribution in [1.29, 1.82) is 0 Å². The van der Waals surface area contributed by atoms with E-state index in [1.165, 1.54) is 0 Å². The zero-order chi connectivity index (χ0) is 23.5. The van der Waals surface area contributed by atoms with Gasteiger partial charge in [0.25, 0.3) is 0 Å². The number of hydrogen-bond acceptors (Lipinski definition) is 6. The molecule has 1 aromatic heterocycles. The first kappa shape index (κ1) is 23.2. The molecule has 2 saturated heterocycles. The minimum absolute atomic E-state index is 0.0505. The van der Waals surface area contributed by atoms with Crippen LogP contribution in [0.15, 0.2) is 16.9 Å². The quantitative estimate of drug-likeness (QED) is 0.640. The number of nitrogens with one attached hydrogen (secondary N) is 2. The molecule has 2 aliphatic heterocycles. The van der Waals surface area contributed by atoms with Crippen molar-refractivity contribution < 1.29 is 19.1 Å². The summed E-state index contributed by atoms with van der Waals surface area (Å²) in [5, 5.41) is 5.86. The Labute approximate surface area is 192 Å². The van der Waals surface area contributed by atoms with E-state index >= 15 is 0 Å². The van der Waals surface area contributed by atoms with Crippen LogP contribution in [0, 0.1) is 5.92 Å². The van der Waals surface area contributed by atoms with Crippen molar-refractivity contribution >= 4 is 34.4 Å². The van der Waals surface area contributed by atoms with E-state index in [-0.39, 0.29) is 29.7 Å². The Balaban J connectivity index is 1.57. The van der Waals surface area contributed by atoms with Crippen molar-refractivity contribution in [1.82, 2.24) is 14.5 Å². The molecule has 3 heterocycles. The van der Waals surface area contributed by atoms with Crippen molar-refractivity contribution in [2.75, 3.05) is 43.1 Å². The highest BCUT2D eigenvalue weighted by molar-refractivity contribution is 5.98. The molecule has 1 atom stereocenters. The van der Waals surface area contributed by atoms with Gasteiger partial charge < -0.3 is 25.0 Å². The first-order valence-electron chi connectivity index (χ1n) is 11.7. The van der Waals surface area contributed by atoms with Gasteiger partial charge in [0, 0.05) is 40.3 Å². The number of nitrogens with zero attached hydrogens (tertiary/aromatic N) is 3. The molecule has 0 saturated carbocycles. The molecule has 2 amide bonds. The fraction of sp³-hybridized carbons (Fsp3) is 0.609. The molecule has 0 radical (unpaired) electrons. The van der Waals surface area contributed by atoms with Crippen LogP contribution in [0.2, 0.25) is 0 Å². The molecule has 1 aromatic carbocycles. The number of carbonyl (C=O) groups is 2. The van der Waals surface area contributed by atoms with Crippen molar-refractivity contribution in [3.05, 3.63) is 22.6 Å². The van der Waals surface area contributed by atoms with Gasteiger partial charge >= 0.3 is 17.7 Å². The van der Waals surface area contributed by atoms with Gasteiger partial charge in [-0.1, -0.05) is 0 Å². The summed E-state index contributed by atoms with van der Waals surface area (Å²) in [5.41, 5.74) is 2.86. The maximum Gasteiger partial charge on any atom is 0.328 e. The summed E-state index contributed by atoms with van der Waals surface area (Å²) in [6.07, 6.45) is 3.36. The summed E-state index contributed by atoms with van der Waals surface area (Å²) in [7, 11) is 3.46. The molecule has 180 valence electrons. The Morgan fingerprint density at radius 2 is 1.82 bits per heavy atom. The number of anilines is 2. The lowest BCUT2D eigenvalue weighted by Crippen LogP contribution is -2.38. The number of ether oxygens (including phenoxy) is 2. The Morgan fingerprint density at radius 3 is 2.45 bits per heavy atom. The number of piperidine rings is 1. The SMILES string of the molecule is CCOC(=O)C1CCN(c2cc3c(cc2NC(=O)NC[C@@H]2CCCO2)n(C)c(=O)n3C)CC1. The molecule has 0 aliphatic carbocycles. The maximum absolute atomic E-state index is 12.7. The molecule has 2 aliphatic rings. The first-order chi connectivity index (χ1) is 15.9. The lowest BCUT2D eigenvalue weighted by Gasteiger charge is -2.34. The van der Waals surface area contributed by atoms with Crippen LogP contribution in [0.5, 0.6) is 0 Å². The second kappa shape index (κ2) is 9.86. The monoisotopic (exact) mass is 459 g/mol. The number of fused-ring (bicyclic) bond motifs is 1. The predicted octanol–water partition coefficient (Wildman–Crippen LogP) is 1.96. The zero-order valence-electron chi connectivity index (χ0n) is 19.6. The lowest BCUT2D eigenvalue weighted by atomic mass is 9.96. The van der Waals surface area contributed by atoms with E-state index in [1.54, 1.807) is 23.2 Å². The van der Waals surface area contributed by atoms with Crippen molar-refractivity contribution in [2.24, 2.45) is 20.0 Å². The Bertz CT molecular complexity index is 1080. The fourth-order valence-electron chi connectivity index (χ4n) is 4.69. The molecule has 2 N–H and O–H groups in total. The summed E-state index contributed by atoms with van der Waals surface area (Å²) in [4.78, 5) is 39.5. The number of urea groups is 1. The summed E-state index contributed by atoms with van der Waals surface area (Å²) in [6.45, 7) is 4.70. The lowest BCUT2D eigenvalue weighted by molar-refractivity contribution is -0.148. The normalized spacial score (nSPS) is 19.1. The number of aryl methyl sites for hydroxylation is 2. The van der Waals surface area contributed by atoms with Crippen LogP contribution < -0.4 is 21.2 Å². The standard InChI is InChI=1S/C23H33N5O5/c1-4-32-21(29)15-7-9-28(10-8-15)18-13-20-19(26(2)23(31)27(20)3)12-17(18)25-22(30)24-14-16-6-5-11-33-16/h12-13,15-16H,4-11,14H2,1-3H3,(H2,24,25,30)/t16-/m0/s1. The van der Waals surface area contributed by atoms with Gasteiger partial charge in [0.15, 0.2) is 0 Å². The second-order valence-electron chi connectivity index (χ2n) is 8.74. The predicted molar refractivity (Wildman–Crippen MR) is 126 cm³/mol. The number of imidazole rings is 1. The van der Waals surface area contributed by atoms with E-state index in [4.69, 9.17) is 9.47 Å². The third-order valence-corrected chi connectivity index (χ3v) is 6.61. The molecule has 10 nitrogen and oxygen atoms in total. The van der Waals surface area contributed by atoms with Crippen molar-refractivity contribution in [2.45, 2.75) is 38.7 Å². The van der Waals surface area contributed by atoms with Crippen LogP contribution in [-0.2, 0) is 28.4 Å². The summed E-state index contributed by atoms with van der Waals surface area (Å²) >= 11 is 0. The minimum atomic E-state index is -0.312. The number of carbonyl (C=O) groups excluding carboxylic acids is 2. The van der Waals surface area contributed by atoms with E-state index in [1.807, 2.05) is 19.1 Å². The van der Waals surface area contributed by atoms with E-state index in [9.17, 15) is 14.4 Å². The summed E-state index contributed by atoms with van der Waals surface area (Å²) in [5.74, 6) is -0.262. The second-order valence-corrected chi connectivity index (χ2v) is 8.74. The van der Waals surface area contributed by atoms with Gasteiger partial charge in [-0.05, 0) is 44.7 Å². The summed E-state index contributed by atoms with van der Waals surface area (Å²) < 4.78 is 13.9. The number of amides is 2. The van der Waals surface area contributed by atoms with Gasteiger partial charge in [-0.3, -0.25) is 13.9 Å². The first-order valence-corrected chi connectivity index (χ1v) is 11.7. The van der Waals surface area contributed by atoms with Gasteiger partial charge in [0.2, 0.25) is 0 Å². The van der Waals surface area contributed by atoms with Crippen molar-refractivity contribution in [3.8, 4) is 0 Å². The number of aromatic nitrogens is 2. The number of rotatable bonds is 6. The van der Waals surface area contributed by atoms with Crippen LogP contribution in [0.1, 0.15) is 32.6 Å². The summed E-state index contributed by atoms with van der Waals surface area (Å²) in [6, 6.07) is 3.47. The largest absolute Gasteiger partial charge is 0.466 e. The smallest absolute Gasteiger partial charge is 0.328 e. The molecule has 0 bridgehead atoms. The average Bonchev–Trinajstić information content (AvgIpc) is 3.41. The third-order valence-electron chi connectivity index (χ3n) is 6.61. The molecule has 4 rings (SSSR count). The number of benzene rings is 1. The van der Waals surface area contributed by atoms with E-state index in [0.717, 1.165) is 36.2 Å². The Morgan fingerprint density at radius 1 is 1.12 bits per heavy atom. The van der Waals surface area contributed by atoms with Gasteiger partial charge in [-0.25, -0.2) is 9.59 Å². The van der Waals surface area contributed by atoms with Gasteiger partial charge in [-0.2, -0.15) is 0 Å².